The van der Waals surface area contributed by atoms with Gasteiger partial charge in [-0.25, -0.2) is 0 Å². The molecule has 2 aromatic rings. The van der Waals surface area contributed by atoms with Gasteiger partial charge in [0.2, 0.25) is 11.8 Å². The molecular weight excluding hydrogens is 491 g/mol. The molecule has 2 heterocycles. The Kier molecular flexibility index (Phi) is 8.35. The van der Waals surface area contributed by atoms with Crippen LogP contribution in [0.15, 0.2) is 24.3 Å². The van der Waals surface area contributed by atoms with Crippen LogP contribution in [0.25, 0.3) is 10.9 Å². The molecule has 200 valence electrons. The van der Waals surface area contributed by atoms with Gasteiger partial charge in [0.1, 0.15) is 23.5 Å². The Morgan fingerprint density at radius 1 is 1.24 bits per heavy atom. The molecule has 1 aliphatic heterocycles. The molecule has 1 fully saturated rings. The summed E-state index contributed by atoms with van der Waals surface area (Å²) in [6.07, 6.45) is -3.27. The van der Waals surface area contributed by atoms with Crippen molar-refractivity contribution < 1.29 is 32.3 Å². The molecule has 0 saturated carbocycles. The molecule has 0 unspecified atom stereocenters. The zero-order valence-electron chi connectivity index (χ0n) is 20.8. The summed E-state index contributed by atoms with van der Waals surface area (Å²) >= 11 is 0. The Balaban J connectivity index is 1.73. The summed E-state index contributed by atoms with van der Waals surface area (Å²) in [4.78, 5) is 40.6. The quantitative estimate of drug-likeness (QED) is 0.400. The van der Waals surface area contributed by atoms with Crippen LogP contribution in [-0.4, -0.2) is 47.7 Å². The van der Waals surface area contributed by atoms with Crippen LogP contribution >= 0.6 is 0 Å². The van der Waals surface area contributed by atoms with Crippen LogP contribution in [0.1, 0.15) is 56.9 Å². The lowest BCUT2D eigenvalue weighted by Gasteiger charge is -2.27. The Morgan fingerprint density at radius 3 is 2.57 bits per heavy atom. The SMILES string of the molecule is CC(C)(C)C[C@H](NC(=O)c1cc2c(OC(F)(F)F)cccc2[nH]1)C(=O)N[C@H](C#N)CC[C@@H]1CCNC1=O. The molecule has 0 bridgehead atoms. The topological polar surface area (TPSA) is 136 Å². The lowest BCUT2D eigenvalue weighted by molar-refractivity contribution is -0.274. The summed E-state index contributed by atoms with van der Waals surface area (Å²) in [5, 5.41) is 17.6. The Bertz CT molecular complexity index is 1200. The van der Waals surface area contributed by atoms with E-state index in [1.54, 1.807) is 0 Å². The largest absolute Gasteiger partial charge is 0.573 e. The van der Waals surface area contributed by atoms with E-state index < -0.39 is 36.0 Å². The number of rotatable bonds is 9. The molecule has 12 heteroatoms. The van der Waals surface area contributed by atoms with E-state index in [1.807, 2.05) is 26.8 Å². The maximum Gasteiger partial charge on any atom is 0.573 e. The number of aromatic amines is 1. The van der Waals surface area contributed by atoms with Gasteiger partial charge in [-0.05, 0) is 49.3 Å². The lowest BCUT2D eigenvalue weighted by atomic mass is 9.87. The Hall–Kier alpha value is -3.75. The molecule has 3 amide bonds. The highest BCUT2D eigenvalue weighted by Gasteiger charge is 2.33. The van der Waals surface area contributed by atoms with Crippen LogP contribution in [0.4, 0.5) is 13.2 Å². The van der Waals surface area contributed by atoms with Gasteiger partial charge in [0.25, 0.3) is 5.91 Å². The number of nitriles is 1. The van der Waals surface area contributed by atoms with Crippen LogP contribution in [-0.2, 0) is 9.59 Å². The number of alkyl halides is 3. The molecule has 3 rings (SSSR count). The minimum absolute atomic E-state index is 0.0518. The van der Waals surface area contributed by atoms with Crippen LogP contribution in [0.2, 0.25) is 0 Å². The number of aromatic nitrogens is 1. The number of ether oxygens (including phenoxy) is 1. The fourth-order valence-electron chi connectivity index (χ4n) is 4.25. The molecule has 0 radical (unpaired) electrons. The van der Waals surface area contributed by atoms with Crippen LogP contribution in [0.5, 0.6) is 5.75 Å². The molecule has 4 N–H and O–H groups in total. The first-order valence-corrected chi connectivity index (χ1v) is 11.9. The monoisotopic (exact) mass is 521 g/mol. The van der Waals surface area contributed by atoms with E-state index in [0.717, 1.165) is 6.07 Å². The fraction of sp³-hybridized carbons (Fsp3) is 0.520. The maximum absolute atomic E-state index is 13.1. The smallest absolute Gasteiger partial charge is 0.405 e. The average molecular weight is 522 g/mol. The number of halogens is 3. The van der Waals surface area contributed by atoms with E-state index in [2.05, 4.69) is 25.7 Å². The summed E-state index contributed by atoms with van der Waals surface area (Å²) in [6.45, 7) is 6.22. The third-order valence-corrected chi connectivity index (χ3v) is 5.97. The molecule has 1 saturated heterocycles. The van der Waals surface area contributed by atoms with Crippen molar-refractivity contribution in [3.8, 4) is 11.8 Å². The minimum Gasteiger partial charge on any atom is -0.405 e. The highest BCUT2D eigenvalue weighted by atomic mass is 19.4. The van der Waals surface area contributed by atoms with Crippen molar-refractivity contribution in [2.75, 3.05) is 6.54 Å². The number of carbonyl (C=O) groups is 3. The van der Waals surface area contributed by atoms with E-state index in [0.29, 0.717) is 19.4 Å². The first-order valence-electron chi connectivity index (χ1n) is 11.9. The minimum atomic E-state index is -4.90. The van der Waals surface area contributed by atoms with Crippen molar-refractivity contribution in [1.29, 1.82) is 5.26 Å². The first kappa shape index (κ1) is 27.8. The van der Waals surface area contributed by atoms with Gasteiger partial charge in [0.15, 0.2) is 0 Å². The van der Waals surface area contributed by atoms with Gasteiger partial charge in [0.05, 0.1) is 6.07 Å². The number of benzene rings is 1. The van der Waals surface area contributed by atoms with Crippen LogP contribution in [0, 0.1) is 22.7 Å². The number of amides is 3. The van der Waals surface area contributed by atoms with Gasteiger partial charge in [0, 0.05) is 23.4 Å². The number of carbonyl (C=O) groups excluding carboxylic acids is 3. The Labute approximate surface area is 212 Å². The van der Waals surface area contributed by atoms with Gasteiger partial charge in [-0.15, -0.1) is 13.2 Å². The van der Waals surface area contributed by atoms with E-state index >= 15 is 0 Å². The third-order valence-electron chi connectivity index (χ3n) is 5.97. The second-order valence-corrected chi connectivity index (χ2v) is 10.3. The molecular formula is C25H30F3N5O4. The summed E-state index contributed by atoms with van der Waals surface area (Å²) in [6, 6.07) is 5.37. The number of nitrogens with one attached hydrogen (secondary N) is 4. The van der Waals surface area contributed by atoms with Crippen molar-refractivity contribution in [1.82, 2.24) is 20.9 Å². The first-order chi connectivity index (χ1) is 17.3. The average Bonchev–Trinajstić information content (AvgIpc) is 3.40. The fourth-order valence-corrected chi connectivity index (χ4v) is 4.25. The van der Waals surface area contributed by atoms with Crippen molar-refractivity contribution in [2.45, 2.75) is 64.9 Å². The maximum atomic E-state index is 13.1. The second kappa shape index (κ2) is 11.1. The summed E-state index contributed by atoms with van der Waals surface area (Å²) < 4.78 is 42.3. The standard InChI is InChI=1S/C25H30F3N5O4/c1-24(2,3)12-19(23(36)31-15(13-29)8-7-14-9-10-30-21(14)34)33-22(35)18-11-16-17(32-18)5-4-6-20(16)37-25(26,27)28/h4-6,11,14-15,19,32H,7-10,12H2,1-3H3,(H,30,34)(H,31,36)(H,33,35)/t14-,15+,19+/m1/s1. The van der Waals surface area contributed by atoms with Crippen molar-refractivity contribution in [3.63, 3.8) is 0 Å². The van der Waals surface area contributed by atoms with Crippen molar-refractivity contribution >= 4 is 28.6 Å². The van der Waals surface area contributed by atoms with Crippen molar-refractivity contribution in [2.24, 2.45) is 11.3 Å². The predicted octanol–water partition coefficient (Wildman–Crippen LogP) is 3.53. The zero-order chi connectivity index (χ0) is 27.4. The highest BCUT2D eigenvalue weighted by molar-refractivity contribution is 6.01. The lowest BCUT2D eigenvalue weighted by Crippen LogP contribution is -2.51. The summed E-state index contributed by atoms with van der Waals surface area (Å²) in [7, 11) is 0. The zero-order valence-corrected chi connectivity index (χ0v) is 20.8. The molecule has 1 aliphatic rings. The second-order valence-electron chi connectivity index (χ2n) is 10.3. The van der Waals surface area contributed by atoms with Gasteiger partial charge in [-0.2, -0.15) is 5.26 Å². The molecule has 37 heavy (non-hydrogen) atoms. The number of hydrogen-bond donors (Lipinski definition) is 4. The summed E-state index contributed by atoms with van der Waals surface area (Å²) in [5.41, 5.74) is -0.179. The summed E-state index contributed by atoms with van der Waals surface area (Å²) in [5.74, 6) is -2.00. The van der Waals surface area contributed by atoms with E-state index in [-0.39, 0.29) is 46.7 Å². The molecule has 9 nitrogen and oxygen atoms in total. The van der Waals surface area contributed by atoms with Gasteiger partial charge >= 0.3 is 6.36 Å². The van der Waals surface area contributed by atoms with E-state index in [9.17, 15) is 32.8 Å². The number of H-pyrrole nitrogens is 1. The molecule has 3 atom stereocenters. The number of nitrogens with zero attached hydrogens (tertiary/aromatic N) is 1. The third kappa shape index (κ3) is 7.87. The van der Waals surface area contributed by atoms with Gasteiger partial charge < -0.3 is 25.7 Å². The van der Waals surface area contributed by atoms with Crippen molar-refractivity contribution in [3.05, 3.63) is 30.0 Å². The Morgan fingerprint density at radius 2 is 1.97 bits per heavy atom. The van der Waals surface area contributed by atoms with E-state index in [4.69, 9.17) is 0 Å². The highest BCUT2D eigenvalue weighted by Crippen LogP contribution is 2.31. The van der Waals surface area contributed by atoms with Crippen LogP contribution in [0.3, 0.4) is 0 Å². The molecule has 0 spiro atoms. The molecule has 1 aromatic carbocycles. The van der Waals surface area contributed by atoms with Gasteiger partial charge in [-0.1, -0.05) is 26.8 Å². The predicted molar refractivity (Wildman–Crippen MR) is 128 cm³/mol. The van der Waals surface area contributed by atoms with Gasteiger partial charge in [-0.3, -0.25) is 14.4 Å². The van der Waals surface area contributed by atoms with E-state index in [1.165, 1.54) is 18.2 Å². The molecule has 0 aliphatic carbocycles. The normalized spacial score (nSPS) is 17.5. The van der Waals surface area contributed by atoms with Crippen LogP contribution < -0.4 is 20.7 Å². The number of fused-ring (bicyclic) bond motifs is 1. The number of hydrogen-bond acceptors (Lipinski definition) is 5. The molecule has 1 aromatic heterocycles.